The van der Waals surface area contributed by atoms with Gasteiger partial charge in [-0.3, -0.25) is 0 Å². The lowest BCUT2D eigenvalue weighted by atomic mass is 10.2. The third kappa shape index (κ3) is 4.90. The molecular weight excluding hydrogens is 264 g/mol. The number of nitrogens with zero attached hydrogens (tertiary/aromatic N) is 1. The van der Waals surface area contributed by atoms with E-state index < -0.39 is 26.0 Å². The summed E-state index contributed by atoms with van der Waals surface area (Å²) >= 11 is 0. The highest BCUT2D eigenvalue weighted by Gasteiger charge is 2.29. The van der Waals surface area contributed by atoms with Crippen molar-refractivity contribution in [1.29, 1.82) is 0 Å². The first-order chi connectivity index (χ1) is 7.72. The van der Waals surface area contributed by atoms with E-state index >= 15 is 0 Å². The highest BCUT2D eigenvalue weighted by molar-refractivity contribution is 7.93. The van der Waals surface area contributed by atoms with Crippen LogP contribution >= 0.6 is 0 Å². The molecule has 1 heterocycles. The lowest BCUT2D eigenvalue weighted by Crippen LogP contribution is -2.46. The molecule has 0 aromatic carbocycles. The van der Waals surface area contributed by atoms with Crippen LogP contribution in [-0.4, -0.2) is 51.6 Å². The van der Waals surface area contributed by atoms with E-state index in [4.69, 9.17) is 5.73 Å². The Morgan fingerprint density at radius 2 is 1.76 bits per heavy atom. The SMILES string of the molecule is CS(=O)(=O)CCS(=O)(=O)N1CCCCCC1N. The van der Waals surface area contributed by atoms with Crippen LogP contribution in [0.4, 0.5) is 0 Å². The zero-order valence-corrected chi connectivity index (χ0v) is 11.6. The Morgan fingerprint density at radius 1 is 1.12 bits per heavy atom. The second-order valence-corrected chi connectivity index (χ2v) is 8.77. The zero-order chi connectivity index (χ0) is 13.1. The fraction of sp³-hybridized carbons (Fsp3) is 1.00. The molecule has 0 aromatic rings. The van der Waals surface area contributed by atoms with Crippen LogP contribution in [0.2, 0.25) is 0 Å². The largest absolute Gasteiger partial charge is 0.315 e. The van der Waals surface area contributed by atoms with E-state index in [1.54, 1.807) is 0 Å². The maximum Gasteiger partial charge on any atom is 0.216 e. The van der Waals surface area contributed by atoms with Crippen molar-refractivity contribution >= 4 is 19.9 Å². The zero-order valence-electron chi connectivity index (χ0n) is 10.0. The maximum absolute atomic E-state index is 12.0. The van der Waals surface area contributed by atoms with E-state index in [1.165, 1.54) is 4.31 Å². The van der Waals surface area contributed by atoms with E-state index in [-0.39, 0.29) is 11.5 Å². The lowest BCUT2D eigenvalue weighted by molar-refractivity contribution is 0.330. The van der Waals surface area contributed by atoms with Gasteiger partial charge in [0.15, 0.2) is 0 Å². The molecule has 0 amide bonds. The molecule has 1 aliphatic heterocycles. The predicted octanol–water partition coefficient (Wildman–Crippen LogP) is -0.478. The molecule has 1 unspecified atom stereocenters. The molecule has 0 saturated carbocycles. The minimum atomic E-state index is -3.56. The standard InChI is InChI=1S/C9H20N2O4S2/c1-16(12,13)7-8-17(14,15)11-6-4-2-3-5-9(11)10/h9H,2-8,10H2,1H3. The highest BCUT2D eigenvalue weighted by Crippen LogP contribution is 2.17. The van der Waals surface area contributed by atoms with E-state index in [2.05, 4.69) is 0 Å². The second-order valence-electron chi connectivity index (χ2n) is 4.47. The Bertz CT molecular complexity index is 444. The number of sulfone groups is 1. The average molecular weight is 284 g/mol. The second kappa shape index (κ2) is 5.64. The van der Waals surface area contributed by atoms with Gasteiger partial charge in [-0.2, -0.15) is 4.31 Å². The summed E-state index contributed by atoms with van der Waals surface area (Å²) in [6, 6.07) is 0. The molecule has 0 spiro atoms. The van der Waals surface area contributed by atoms with Gasteiger partial charge in [-0.1, -0.05) is 12.8 Å². The van der Waals surface area contributed by atoms with Crippen molar-refractivity contribution in [1.82, 2.24) is 4.31 Å². The highest BCUT2D eigenvalue weighted by atomic mass is 32.2. The quantitative estimate of drug-likeness (QED) is 0.752. The van der Waals surface area contributed by atoms with Crippen LogP contribution in [0.3, 0.4) is 0 Å². The molecule has 1 rings (SSSR count). The van der Waals surface area contributed by atoms with Gasteiger partial charge >= 0.3 is 0 Å². The summed E-state index contributed by atoms with van der Waals surface area (Å²) < 4.78 is 47.2. The molecule has 0 bridgehead atoms. The topological polar surface area (TPSA) is 97.5 Å². The summed E-state index contributed by atoms with van der Waals surface area (Å²) in [7, 11) is -6.83. The van der Waals surface area contributed by atoms with E-state index in [1.807, 2.05) is 0 Å². The minimum absolute atomic E-state index is 0.349. The summed E-state index contributed by atoms with van der Waals surface area (Å²) in [6.07, 6.45) is 3.82. The molecule has 2 N–H and O–H groups in total. The van der Waals surface area contributed by atoms with Gasteiger partial charge in [0.05, 0.1) is 17.7 Å². The smallest absolute Gasteiger partial charge is 0.216 e. The van der Waals surface area contributed by atoms with Gasteiger partial charge in [0.25, 0.3) is 0 Å². The molecule has 6 nitrogen and oxygen atoms in total. The number of rotatable bonds is 4. The van der Waals surface area contributed by atoms with Crippen LogP contribution in [0.25, 0.3) is 0 Å². The molecule has 1 fully saturated rings. The van der Waals surface area contributed by atoms with Crippen molar-refractivity contribution in [3.05, 3.63) is 0 Å². The molecule has 17 heavy (non-hydrogen) atoms. The predicted molar refractivity (Wildman–Crippen MR) is 66.6 cm³/mol. The summed E-state index contributed by atoms with van der Waals surface area (Å²) in [5.41, 5.74) is 5.80. The molecule has 0 aromatic heterocycles. The van der Waals surface area contributed by atoms with Crippen molar-refractivity contribution in [3.8, 4) is 0 Å². The van der Waals surface area contributed by atoms with Gasteiger partial charge in [0, 0.05) is 12.8 Å². The normalized spacial score (nSPS) is 24.5. The number of nitrogens with two attached hydrogens (primary N) is 1. The van der Waals surface area contributed by atoms with Gasteiger partial charge in [-0.05, 0) is 12.8 Å². The fourth-order valence-electron chi connectivity index (χ4n) is 1.83. The Kier molecular flexibility index (Phi) is 4.94. The molecule has 1 saturated heterocycles. The Labute approximate surface area is 103 Å². The average Bonchev–Trinajstić information content (AvgIpc) is 2.39. The van der Waals surface area contributed by atoms with Gasteiger partial charge in [0.1, 0.15) is 9.84 Å². The van der Waals surface area contributed by atoms with Gasteiger partial charge < -0.3 is 5.73 Å². The first-order valence-electron chi connectivity index (χ1n) is 5.65. The van der Waals surface area contributed by atoms with Gasteiger partial charge in [-0.25, -0.2) is 16.8 Å². The summed E-state index contributed by atoms with van der Waals surface area (Å²) in [6.45, 7) is 0.396. The minimum Gasteiger partial charge on any atom is -0.315 e. The van der Waals surface area contributed by atoms with Crippen LogP contribution in [0.5, 0.6) is 0 Å². The molecule has 1 atom stereocenters. The van der Waals surface area contributed by atoms with Crippen molar-refractivity contribution in [2.45, 2.75) is 31.8 Å². The van der Waals surface area contributed by atoms with E-state index in [9.17, 15) is 16.8 Å². The maximum atomic E-state index is 12.0. The first kappa shape index (κ1) is 14.9. The Balaban J connectivity index is 2.74. The van der Waals surface area contributed by atoms with Crippen molar-refractivity contribution in [3.63, 3.8) is 0 Å². The number of hydrogen-bond acceptors (Lipinski definition) is 5. The summed E-state index contributed by atoms with van der Waals surface area (Å²) in [4.78, 5) is 0. The Morgan fingerprint density at radius 3 is 2.35 bits per heavy atom. The first-order valence-corrected chi connectivity index (χ1v) is 9.32. The van der Waals surface area contributed by atoms with Crippen molar-refractivity contribution < 1.29 is 16.8 Å². The Hall–Kier alpha value is -0.180. The van der Waals surface area contributed by atoms with Crippen LogP contribution in [0, 0.1) is 0 Å². The van der Waals surface area contributed by atoms with E-state index in [0.29, 0.717) is 13.0 Å². The molecular formula is C9H20N2O4S2. The molecule has 1 aliphatic rings. The number of sulfonamides is 1. The van der Waals surface area contributed by atoms with Crippen LogP contribution in [-0.2, 0) is 19.9 Å². The van der Waals surface area contributed by atoms with Crippen LogP contribution < -0.4 is 5.73 Å². The third-order valence-corrected chi connectivity index (χ3v) is 5.91. The molecule has 0 aliphatic carbocycles. The van der Waals surface area contributed by atoms with Crippen molar-refractivity contribution in [2.24, 2.45) is 5.73 Å². The molecule has 0 radical (unpaired) electrons. The molecule has 102 valence electrons. The summed E-state index contributed by atoms with van der Waals surface area (Å²) in [5.74, 6) is -0.724. The number of hydrogen-bond donors (Lipinski definition) is 1. The van der Waals surface area contributed by atoms with Gasteiger partial charge in [0.2, 0.25) is 10.0 Å². The van der Waals surface area contributed by atoms with Crippen LogP contribution in [0.1, 0.15) is 25.7 Å². The van der Waals surface area contributed by atoms with Crippen molar-refractivity contribution in [2.75, 3.05) is 24.3 Å². The lowest BCUT2D eigenvalue weighted by Gasteiger charge is -2.25. The third-order valence-electron chi connectivity index (χ3n) is 2.82. The molecule has 8 heteroatoms. The monoisotopic (exact) mass is 284 g/mol. The fourth-order valence-corrected chi connectivity index (χ4v) is 5.04. The summed E-state index contributed by atoms with van der Waals surface area (Å²) in [5, 5.41) is 0. The van der Waals surface area contributed by atoms with Crippen LogP contribution in [0.15, 0.2) is 0 Å². The van der Waals surface area contributed by atoms with Gasteiger partial charge in [-0.15, -0.1) is 0 Å². The van der Waals surface area contributed by atoms with E-state index in [0.717, 1.165) is 25.5 Å².